The number of carbonyl (C=O) groups excluding carboxylic acids is 1. The van der Waals surface area contributed by atoms with E-state index in [1.54, 1.807) is 13.2 Å². The lowest BCUT2D eigenvalue weighted by molar-refractivity contribution is 0.235. The summed E-state index contributed by atoms with van der Waals surface area (Å²) in [7, 11) is 1.57. The van der Waals surface area contributed by atoms with Crippen LogP contribution in [0.3, 0.4) is 0 Å². The van der Waals surface area contributed by atoms with Gasteiger partial charge in [-0.2, -0.15) is 5.26 Å². The molecule has 1 aliphatic rings. The van der Waals surface area contributed by atoms with Gasteiger partial charge in [-0.1, -0.05) is 56.7 Å². The van der Waals surface area contributed by atoms with Gasteiger partial charge in [-0.25, -0.2) is 4.79 Å². The number of rotatable bonds is 5. The summed E-state index contributed by atoms with van der Waals surface area (Å²) in [6, 6.07) is 15.0. The molecule has 156 valence electrons. The largest absolute Gasteiger partial charge is 0.493 e. The maximum Gasteiger partial charge on any atom is 0.319 e. The fourth-order valence-electron chi connectivity index (χ4n) is 3.47. The smallest absolute Gasteiger partial charge is 0.319 e. The predicted molar refractivity (Wildman–Crippen MR) is 115 cm³/mol. The first-order valence-corrected chi connectivity index (χ1v) is 9.81. The highest BCUT2D eigenvalue weighted by molar-refractivity contribution is 5.80. The van der Waals surface area contributed by atoms with Gasteiger partial charge in [0.2, 0.25) is 0 Å². The molecule has 0 saturated heterocycles. The van der Waals surface area contributed by atoms with Crippen molar-refractivity contribution in [3.05, 3.63) is 70.4 Å². The topological polar surface area (TPSA) is 83.4 Å². The van der Waals surface area contributed by atoms with E-state index < -0.39 is 6.04 Å². The first-order valence-electron chi connectivity index (χ1n) is 9.81. The average molecular weight is 405 g/mol. The Balaban J connectivity index is 1.91. The van der Waals surface area contributed by atoms with Crippen molar-refractivity contribution in [2.24, 2.45) is 5.41 Å². The normalized spacial score (nSPS) is 16.4. The highest BCUT2D eigenvalue weighted by Crippen LogP contribution is 2.37. The Morgan fingerprint density at radius 3 is 2.53 bits per heavy atom. The quantitative estimate of drug-likeness (QED) is 0.751. The fourth-order valence-corrected chi connectivity index (χ4v) is 3.47. The second kappa shape index (κ2) is 8.50. The molecular formula is C24H27N3O3. The maximum absolute atomic E-state index is 12.3. The van der Waals surface area contributed by atoms with Crippen LogP contribution in [0.15, 0.2) is 53.7 Å². The summed E-state index contributed by atoms with van der Waals surface area (Å²) in [6.07, 6.45) is 0. The van der Waals surface area contributed by atoms with Crippen LogP contribution in [0.4, 0.5) is 4.79 Å². The summed E-state index contributed by atoms with van der Waals surface area (Å²) in [5, 5.41) is 15.4. The molecule has 0 radical (unpaired) electrons. The summed E-state index contributed by atoms with van der Waals surface area (Å²) in [4.78, 5) is 12.3. The van der Waals surface area contributed by atoms with Crippen molar-refractivity contribution >= 4 is 6.03 Å². The number of ether oxygens (including phenoxy) is 2. The average Bonchev–Trinajstić information content (AvgIpc) is 2.71. The molecule has 2 aromatic rings. The van der Waals surface area contributed by atoms with E-state index in [2.05, 4.69) is 22.8 Å². The van der Waals surface area contributed by atoms with Crippen molar-refractivity contribution in [2.75, 3.05) is 7.11 Å². The van der Waals surface area contributed by atoms with Gasteiger partial charge in [-0.15, -0.1) is 0 Å². The number of urea groups is 1. The lowest BCUT2D eigenvalue weighted by Gasteiger charge is -2.33. The molecule has 2 amide bonds. The third kappa shape index (κ3) is 4.57. The summed E-state index contributed by atoms with van der Waals surface area (Å²) in [5.41, 5.74) is 3.72. The number of nitrogens with zero attached hydrogens (tertiary/aromatic N) is 1. The van der Waals surface area contributed by atoms with Crippen LogP contribution >= 0.6 is 0 Å². The van der Waals surface area contributed by atoms with Gasteiger partial charge in [-0.05, 0) is 30.2 Å². The molecule has 0 spiro atoms. The van der Waals surface area contributed by atoms with Crippen LogP contribution in [0.5, 0.6) is 11.5 Å². The standard InChI is InChI=1S/C24H27N3O3/c1-15-7-6-8-16(11-15)14-30-19-10-9-17(12-20(19)29-5)21-18(13-25)22(24(2,3)4)27-23(28)26-21/h6-12,21H,14H2,1-5H3,(H2,26,27,28)/t21-/m1/s1. The summed E-state index contributed by atoms with van der Waals surface area (Å²) in [6.45, 7) is 8.35. The highest BCUT2D eigenvalue weighted by atomic mass is 16.5. The van der Waals surface area contributed by atoms with Crippen molar-refractivity contribution in [2.45, 2.75) is 40.3 Å². The third-order valence-electron chi connectivity index (χ3n) is 4.94. The third-order valence-corrected chi connectivity index (χ3v) is 4.94. The van der Waals surface area contributed by atoms with E-state index in [1.807, 2.05) is 58.0 Å². The predicted octanol–water partition coefficient (Wildman–Crippen LogP) is 4.76. The van der Waals surface area contributed by atoms with E-state index in [9.17, 15) is 10.1 Å². The van der Waals surface area contributed by atoms with Gasteiger partial charge in [0, 0.05) is 11.1 Å². The number of nitriles is 1. The van der Waals surface area contributed by atoms with Crippen molar-refractivity contribution in [3.63, 3.8) is 0 Å². The molecule has 30 heavy (non-hydrogen) atoms. The second-order valence-corrected chi connectivity index (χ2v) is 8.37. The molecule has 0 aromatic heterocycles. The molecular weight excluding hydrogens is 378 g/mol. The Morgan fingerprint density at radius 2 is 1.90 bits per heavy atom. The Morgan fingerprint density at radius 1 is 1.13 bits per heavy atom. The summed E-state index contributed by atoms with van der Waals surface area (Å²) >= 11 is 0. The molecule has 0 bridgehead atoms. The molecule has 0 unspecified atom stereocenters. The number of allylic oxidation sites excluding steroid dienone is 1. The molecule has 0 aliphatic carbocycles. The molecule has 0 saturated carbocycles. The first-order chi connectivity index (χ1) is 14.2. The number of amides is 2. The minimum absolute atomic E-state index is 0.331. The summed E-state index contributed by atoms with van der Waals surface area (Å²) in [5.74, 6) is 1.14. The zero-order valence-corrected chi connectivity index (χ0v) is 18.0. The molecule has 0 fully saturated rings. The number of benzene rings is 2. The number of methoxy groups -OCH3 is 1. The van der Waals surface area contributed by atoms with E-state index in [1.165, 1.54) is 5.56 Å². The van der Waals surface area contributed by atoms with Crippen LogP contribution in [0, 0.1) is 23.7 Å². The number of nitrogens with one attached hydrogen (secondary N) is 2. The Labute approximate surface area is 177 Å². The molecule has 2 aromatic carbocycles. The van der Waals surface area contributed by atoms with Gasteiger partial charge in [0.1, 0.15) is 6.61 Å². The Kier molecular flexibility index (Phi) is 6.02. The number of hydrogen-bond donors (Lipinski definition) is 2. The molecule has 3 rings (SSSR count). The van der Waals surface area contributed by atoms with Gasteiger partial charge in [0.25, 0.3) is 0 Å². The van der Waals surface area contributed by atoms with E-state index in [-0.39, 0.29) is 11.4 Å². The van der Waals surface area contributed by atoms with E-state index >= 15 is 0 Å². The van der Waals surface area contributed by atoms with E-state index in [0.29, 0.717) is 29.4 Å². The van der Waals surface area contributed by atoms with E-state index in [4.69, 9.17) is 9.47 Å². The monoisotopic (exact) mass is 405 g/mol. The number of carbonyl (C=O) groups is 1. The van der Waals surface area contributed by atoms with Crippen LogP contribution in [-0.4, -0.2) is 13.1 Å². The molecule has 1 aliphatic heterocycles. The van der Waals surface area contributed by atoms with Gasteiger partial charge in [0.05, 0.1) is 24.8 Å². The van der Waals surface area contributed by atoms with E-state index in [0.717, 1.165) is 11.1 Å². The lowest BCUT2D eigenvalue weighted by Crippen LogP contribution is -2.46. The van der Waals surface area contributed by atoms with Gasteiger partial charge in [-0.3, -0.25) is 0 Å². The van der Waals surface area contributed by atoms with Gasteiger partial charge >= 0.3 is 6.03 Å². The summed E-state index contributed by atoms with van der Waals surface area (Å²) < 4.78 is 11.5. The number of aryl methyl sites for hydroxylation is 1. The Bertz CT molecular complexity index is 1030. The van der Waals surface area contributed by atoms with Crippen LogP contribution in [0.1, 0.15) is 43.5 Å². The lowest BCUT2D eigenvalue weighted by atomic mass is 9.84. The zero-order chi connectivity index (χ0) is 21.9. The van der Waals surface area contributed by atoms with Crippen molar-refractivity contribution < 1.29 is 14.3 Å². The first kappa shape index (κ1) is 21.3. The molecule has 1 atom stereocenters. The van der Waals surface area contributed by atoms with Crippen molar-refractivity contribution in [3.8, 4) is 17.6 Å². The molecule has 2 N–H and O–H groups in total. The Hall–Kier alpha value is -3.46. The zero-order valence-electron chi connectivity index (χ0n) is 18.0. The molecule has 1 heterocycles. The van der Waals surface area contributed by atoms with Crippen LogP contribution in [-0.2, 0) is 6.61 Å². The molecule has 6 heteroatoms. The number of hydrogen-bond acceptors (Lipinski definition) is 4. The van der Waals surface area contributed by atoms with Gasteiger partial charge in [0.15, 0.2) is 11.5 Å². The molecule has 6 nitrogen and oxygen atoms in total. The van der Waals surface area contributed by atoms with Crippen molar-refractivity contribution in [1.29, 1.82) is 5.26 Å². The van der Waals surface area contributed by atoms with Crippen LogP contribution in [0.25, 0.3) is 0 Å². The van der Waals surface area contributed by atoms with Gasteiger partial charge < -0.3 is 20.1 Å². The van der Waals surface area contributed by atoms with Crippen LogP contribution in [0.2, 0.25) is 0 Å². The SMILES string of the molecule is COc1cc([C@H]2NC(=O)NC(C(C)(C)C)=C2C#N)ccc1OCc1cccc(C)c1. The van der Waals surface area contributed by atoms with Crippen molar-refractivity contribution in [1.82, 2.24) is 10.6 Å². The fraction of sp³-hybridized carbons (Fsp3) is 0.333. The van der Waals surface area contributed by atoms with Crippen LogP contribution < -0.4 is 20.1 Å². The minimum Gasteiger partial charge on any atom is -0.493 e. The highest BCUT2D eigenvalue weighted by Gasteiger charge is 2.34. The minimum atomic E-state index is -0.558. The second-order valence-electron chi connectivity index (χ2n) is 8.37. The maximum atomic E-state index is 12.3.